The summed E-state index contributed by atoms with van der Waals surface area (Å²) >= 11 is 0.941. The third-order valence-corrected chi connectivity index (χ3v) is 6.84. The average Bonchev–Trinajstić information content (AvgIpc) is 3.15. The predicted octanol–water partition coefficient (Wildman–Crippen LogP) is 4.31. The molecular weight excluding hydrogens is 464 g/mol. The van der Waals surface area contributed by atoms with Gasteiger partial charge in [-0.05, 0) is 57.9 Å². The summed E-state index contributed by atoms with van der Waals surface area (Å²) in [6.07, 6.45) is 1.70. The molecule has 0 saturated carbocycles. The minimum Gasteiger partial charge on any atom is -0.484 e. The van der Waals surface area contributed by atoms with Crippen molar-refractivity contribution in [1.29, 1.82) is 0 Å². The van der Waals surface area contributed by atoms with Gasteiger partial charge in [0, 0.05) is 13.1 Å². The molecular formula is C27H24N2O5S. The van der Waals surface area contributed by atoms with Crippen LogP contribution in [0.1, 0.15) is 11.1 Å². The molecule has 8 heteroatoms. The Morgan fingerprint density at radius 2 is 1.71 bits per heavy atom. The summed E-state index contributed by atoms with van der Waals surface area (Å²) in [6, 6.07) is 21.0. The molecule has 3 amide bonds. The summed E-state index contributed by atoms with van der Waals surface area (Å²) in [4.78, 5) is 41.1. The highest BCUT2D eigenvalue weighted by atomic mass is 32.2. The molecule has 2 aliphatic rings. The lowest BCUT2D eigenvalue weighted by atomic mass is 10.1. The molecule has 178 valence electrons. The highest BCUT2D eigenvalue weighted by molar-refractivity contribution is 8.18. The number of amides is 3. The van der Waals surface area contributed by atoms with Gasteiger partial charge in [-0.1, -0.05) is 48.5 Å². The van der Waals surface area contributed by atoms with Crippen LogP contribution >= 0.6 is 11.8 Å². The number of morpholine rings is 1. The summed E-state index contributed by atoms with van der Waals surface area (Å²) in [5.74, 6) is 0.190. The van der Waals surface area contributed by atoms with Crippen LogP contribution < -0.4 is 4.74 Å². The number of carbonyl (C=O) groups is 3. The Morgan fingerprint density at radius 1 is 0.971 bits per heavy atom. The zero-order valence-electron chi connectivity index (χ0n) is 19.0. The summed E-state index contributed by atoms with van der Waals surface area (Å²) in [5.41, 5.74) is 1.67. The second-order valence-electron chi connectivity index (χ2n) is 8.30. The van der Waals surface area contributed by atoms with E-state index in [4.69, 9.17) is 9.47 Å². The topological polar surface area (TPSA) is 76.2 Å². The van der Waals surface area contributed by atoms with E-state index in [0.717, 1.165) is 33.7 Å². The van der Waals surface area contributed by atoms with Gasteiger partial charge in [0.2, 0.25) is 0 Å². The predicted molar refractivity (Wildman–Crippen MR) is 135 cm³/mol. The van der Waals surface area contributed by atoms with Crippen molar-refractivity contribution in [1.82, 2.24) is 9.80 Å². The van der Waals surface area contributed by atoms with E-state index in [0.29, 0.717) is 37.0 Å². The summed E-state index contributed by atoms with van der Waals surface area (Å²) in [6.45, 7) is 2.46. The van der Waals surface area contributed by atoms with Crippen molar-refractivity contribution in [3.8, 4) is 5.75 Å². The first kappa shape index (κ1) is 23.1. The number of fused-ring (bicyclic) bond motifs is 1. The molecule has 0 atom stereocenters. The second kappa shape index (κ2) is 10.3. The van der Waals surface area contributed by atoms with Crippen LogP contribution in [0.5, 0.6) is 5.75 Å². The van der Waals surface area contributed by atoms with Crippen LogP contribution in [0.2, 0.25) is 0 Å². The Morgan fingerprint density at radius 3 is 2.49 bits per heavy atom. The van der Waals surface area contributed by atoms with E-state index in [1.165, 1.54) is 4.90 Å². The van der Waals surface area contributed by atoms with E-state index in [9.17, 15) is 14.4 Å². The van der Waals surface area contributed by atoms with E-state index < -0.39 is 0 Å². The molecule has 0 aromatic heterocycles. The first-order valence-electron chi connectivity index (χ1n) is 11.4. The molecule has 3 aromatic rings. The first-order chi connectivity index (χ1) is 17.1. The van der Waals surface area contributed by atoms with Crippen LogP contribution in [0, 0.1) is 0 Å². The van der Waals surface area contributed by atoms with Crippen molar-refractivity contribution in [3.05, 3.63) is 82.8 Å². The zero-order chi connectivity index (χ0) is 24.2. The van der Waals surface area contributed by atoms with Gasteiger partial charge in [0.05, 0.1) is 24.7 Å². The second-order valence-corrected chi connectivity index (χ2v) is 9.29. The number of imide groups is 1. The van der Waals surface area contributed by atoms with E-state index in [2.05, 4.69) is 0 Å². The minimum absolute atomic E-state index is 0.0347. The van der Waals surface area contributed by atoms with Gasteiger partial charge in [-0.15, -0.1) is 0 Å². The van der Waals surface area contributed by atoms with Crippen LogP contribution in [0.15, 0.2) is 71.6 Å². The lowest BCUT2D eigenvalue weighted by molar-refractivity contribution is -0.137. The van der Waals surface area contributed by atoms with Gasteiger partial charge >= 0.3 is 0 Å². The number of carbonyl (C=O) groups excluding carboxylic acids is 3. The van der Waals surface area contributed by atoms with Gasteiger partial charge in [0.25, 0.3) is 17.1 Å². The average molecular weight is 489 g/mol. The molecule has 2 fully saturated rings. The molecule has 35 heavy (non-hydrogen) atoms. The largest absolute Gasteiger partial charge is 0.484 e. The van der Waals surface area contributed by atoms with Crippen molar-refractivity contribution in [2.75, 3.05) is 32.9 Å². The first-order valence-corrected chi connectivity index (χ1v) is 12.2. The van der Waals surface area contributed by atoms with Crippen LogP contribution in [0.25, 0.3) is 16.8 Å². The molecule has 5 rings (SSSR count). The van der Waals surface area contributed by atoms with Crippen molar-refractivity contribution in [2.45, 2.75) is 6.54 Å². The van der Waals surface area contributed by atoms with E-state index >= 15 is 0 Å². The Labute approximate surface area is 207 Å². The standard InChI is InChI=1S/C27H24N2O5S/c30-25(28-11-13-33-14-12-28)18-34-23-9-6-19(7-10-23)16-24-26(31)29(27(32)35-24)17-20-5-8-21-3-1-2-4-22(21)15-20/h1-10,15-16H,11-14,17-18H2/b24-16-. The molecule has 2 saturated heterocycles. The van der Waals surface area contributed by atoms with Crippen molar-refractivity contribution in [3.63, 3.8) is 0 Å². The Balaban J connectivity index is 1.21. The Bertz CT molecular complexity index is 1300. The van der Waals surface area contributed by atoms with Crippen molar-refractivity contribution >= 4 is 45.7 Å². The van der Waals surface area contributed by atoms with Gasteiger partial charge < -0.3 is 14.4 Å². The van der Waals surface area contributed by atoms with E-state index in [1.807, 2.05) is 42.5 Å². The van der Waals surface area contributed by atoms with E-state index in [-0.39, 0.29) is 30.2 Å². The summed E-state index contributed by atoms with van der Waals surface area (Å²) in [7, 11) is 0. The lowest BCUT2D eigenvalue weighted by Crippen LogP contribution is -2.42. The number of hydrogen-bond acceptors (Lipinski definition) is 6. The number of rotatable bonds is 6. The maximum absolute atomic E-state index is 12.9. The lowest BCUT2D eigenvalue weighted by Gasteiger charge is -2.26. The molecule has 0 spiro atoms. The van der Waals surface area contributed by atoms with Crippen LogP contribution in [-0.2, 0) is 20.9 Å². The number of hydrogen-bond donors (Lipinski definition) is 0. The molecule has 0 unspecified atom stereocenters. The number of thioether (sulfide) groups is 1. The fourth-order valence-electron chi connectivity index (χ4n) is 4.02. The van der Waals surface area contributed by atoms with Crippen LogP contribution in [0.4, 0.5) is 4.79 Å². The molecule has 2 aliphatic heterocycles. The molecule has 7 nitrogen and oxygen atoms in total. The fourth-order valence-corrected chi connectivity index (χ4v) is 4.86. The molecule has 0 aliphatic carbocycles. The van der Waals surface area contributed by atoms with Gasteiger partial charge in [-0.3, -0.25) is 19.3 Å². The van der Waals surface area contributed by atoms with Crippen LogP contribution in [-0.4, -0.2) is 59.8 Å². The third-order valence-electron chi connectivity index (χ3n) is 5.93. The quantitative estimate of drug-likeness (QED) is 0.481. The maximum atomic E-state index is 12.9. The highest BCUT2D eigenvalue weighted by Crippen LogP contribution is 2.33. The summed E-state index contributed by atoms with van der Waals surface area (Å²) < 4.78 is 10.9. The van der Waals surface area contributed by atoms with Crippen molar-refractivity contribution < 1.29 is 23.9 Å². The van der Waals surface area contributed by atoms with Gasteiger partial charge in [0.15, 0.2) is 6.61 Å². The minimum atomic E-state index is -0.301. The number of ether oxygens (including phenoxy) is 2. The SMILES string of the molecule is O=C(COc1ccc(/C=C2\SC(=O)N(Cc3ccc4ccccc4c3)C2=O)cc1)N1CCOCC1. The normalized spacial score (nSPS) is 17.4. The molecule has 0 N–H and O–H groups in total. The molecule has 2 heterocycles. The monoisotopic (exact) mass is 488 g/mol. The smallest absolute Gasteiger partial charge is 0.293 e. The fraction of sp³-hybridized carbons (Fsp3) is 0.222. The van der Waals surface area contributed by atoms with Crippen LogP contribution in [0.3, 0.4) is 0 Å². The highest BCUT2D eigenvalue weighted by Gasteiger charge is 2.35. The Hall–Kier alpha value is -3.62. The number of benzene rings is 3. The van der Waals surface area contributed by atoms with E-state index in [1.54, 1.807) is 35.2 Å². The third kappa shape index (κ3) is 5.39. The van der Waals surface area contributed by atoms with Crippen molar-refractivity contribution in [2.24, 2.45) is 0 Å². The molecule has 3 aromatic carbocycles. The Kier molecular flexibility index (Phi) is 6.83. The van der Waals surface area contributed by atoms with Gasteiger partial charge in [-0.2, -0.15) is 0 Å². The van der Waals surface area contributed by atoms with Gasteiger partial charge in [0.1, 0.15) is 5.75 Å². The zero-order valence-corrected chi connectivity index (χ0v) is 19.8. The maximum Gasteiger partial charge on any atom is 0.293 e. The summed E-state index contributed by atoms with van der Waals surface area (Å²) in [5, 5.41) is 1.90. The molecule has 0 bridgehead atoms. The molecule has 0 radical (unpaired) electrons. The number of nitrogens with zero attached hydrogens (tertiary/aromatic N) is 2. The van der Waals surface area contributed by atoms with Gasteiger partial charge in [-0.25, -0.2) is 0 Å².